The first kappa shape index (κ1) is 15.3. The van der Waals surface area contributed by atoms with Crippen LogP contribution in [-0.2, 0) is 4.79 Å². The summed E-state index contributed by atoms with van der Waals surface area (Å²) < 4.78 is 19.0. The summed E-state index contributed by atoms with van der Waals surface area (Å²) in [4.78, 5) is 11.8. The van der Waals surface area contributed by atoms with Crippen LogP contribution in [0.3, 0.4) is 0 Å². The Morgan fingerprint density at radius 3 is 2.76 bits per heavy atom. The summed E-state index contributed by atoms with van der Waals surface area (Å²) in [5.74, 6) is -0.396. The summed E-state index contributed by atoms with van der Waals surface area (Å²) in [5.41, 5.74) is 0.742. The Balaban J connectivity index is 2.12. The van der Waals surface area contributed by atoms with E-state index in [1.54, 1.807) is 18.2 Å². The number of anilines is 1. The van der Waals surface area contributed by atoms with E-state index in [0.29, 0.717) is 11.3 Å². The highest BCUT2D eigenvalue weighted by molar-refractivity contribution is 5.91. The van der Waals surface area contributed by atoms with Crippen LogP contribution >= 0.6 is 0 Å². The minimum atomic E-state index is -0.749. The molecule has 1 aromatic heterocycles. The maximum Gasteiger partial charge on any atom is 0.227 e. The van der Waals surface area contributed by atoms with E-state index in [2.05, 4.69) is 5.32 Å². The van der Waals surface area contributed by atoms with Crippen molar-refractivity contribution in [3.8, 4) is 11.3 Å². The molecule has 0 bridgehead atoms. The van der Waals surface area contributed by atoms with E-state index >= 15 is 0 Å². The van der Waals surface area contributed by atoms with Crippen molar-refractivity contribution in [1.29, 1.82) is 0 Å². The quantitative estimate of drug-likeness (QED) is 0.887. The summed E-state index contributed by atoms with van der Waals surface area (Å²) in [5, 5.41) is 12.2. The van der Waals surface area contributed by atoms with Gasteiger partial charge in [0, 0.05) is 5.56 Å². The fourth-order valence-electron chi connectivity index (χ4n) is 1.84. The van der Waals surface area contributed by atoms with E-state index in [0.717, 1.165) is 0 Å². The molecule has 1 heterocycles. The molecular formula is C16H18FNO3. The summed E-state index contributed by atoms with van der Waals surface area (Å²) >= 11 is 0. The Morgan fingerprint density at radius 1 is 1.38 bits per heavy atom. The van der Waals surface area contributed by atoms with E-state index in [1.165, 1.54) is 18.4 Å². The van der Waals surface area contributed by atoms with Gasteiger partial charge < -0.3 is 14.8 Å². The zero-order chi connectivity index (χ0) is 15.4. The molecule has 0 saturated carbocycles. The van der Waals surface area contributed by atoms with Gasteiger partial charge in [0.1, 0.15) is 11.6 Å². The Labute approximate surface area is 122 Å². The van der Waals surface area contributed by atoms with Gasteiger partial charge in [0.2, 0.25) is 5.91 Å². The second-order valence-corrected chi connectivity index (χ2v) is 5.24. The maximum absolute atomic E-state index is 13.8. The first-order valence-electron chi connectivity index (χ1n) is 6.78. The van der Waals surface area contributed by atoms with Crippen molar-refractivity contribution < 1.29 is 18.7 Å². The second-order valence-electron chi connectivity index (χ2n) is 5.24. The Morgan fingerprint density at radius 2 is 2.14 bits per heavy atom. The Kier molecular flexibility index (Phi) is 4.75. The molecule has 112 valence electrons. The molecule has 0 saturated heterocycles. The number of halogens is 1. The van der Waals surface area contributed by atoms with E-state index in [4.69, 9.17) is 4.42 Å². The first-order valence-corrected chi connectivity index (χ1v) is 6.78. The molecule has 1 amide bonds. The van der Waals surface area contributed by atoms with Crippen LogP contribution in [0.15, 0.2) is 41.0 Å². The number of nitrogens with one attached hydrogen (secondary N) is 1. The third-order valence-corrected chi connectivity index (χ3v) is 3.21. The Bertz CT molecular complexity index is 608. The smallest absolute Gasteiger partial charge is 0.227 e. The third-order valence-electron chi connectivity index (χ3n) is 3.21. The molecule has 1 atom stereocenters. The number of aliphatic hydroxyl groups excluding tert-OH is 1. The van der Waals surface area contributed by atoms with E-state index < -0.39 is 17.8 Å². The van der Waals surface area contributed by atoms with Crippen molar-refractivity contribution in [2.24, 2.45) is 5.92 Å². The number of amides is 1. The molecule has 0 aliphatic carbocycles. The lowest BCUT2D eigenvalue weighted by Gasteiger charge is -2.14. The normalized spacial score (nSPS) is 12.4. The lowest BCUT2D eigenvalue weighted by atomic mass is 10.0. The molecule has 4 nitrogen and oxygen atoms in total. The topological polar surface area (TPSA) is 62.5 Å². The fourth-order valence-corrected chi connectivity index (χ4v) is 1.84. The van der Waals surface area contributed by atoms with Crippen LogP contribution in [0.1, 0.15) is 20.3 Å². The highest BCUT2D eigenvalue weighted by atomic mass is 19.1. The number of carbonyl (C=O) groups excluding carboxylic acids is 1. The van der Waals surface area contributed by atoms with Crippen LogP contribution in [0.5, 0.6) is 0 Å². The number of rotatable bonds is 5. The lowest BCUT2D eigenvalue weighted by molar-refractivity contribution is -0.118. The summed E-state index contributed by atoms with van der Waals surface area (Å²) in [6.07, 6.45) is 0.708. The van der Waals surface area contributed by atoms with Crippen LogP contribution in [-0.4, -0.2) is 17.1 Å². The molecule has 2 rings (SSSR count). The second kappa shape index (κ2) is 6.54. The maximum atomic E-state index is 13.8. The van der Waals surface area contributed by atoms with Crippen molar-refractivity contribution in [2.75, 3.05) is 5.32 Å². The largest absolute Gasteiger partial charge is 0.464 e. The van der Waals surface area contributed by atoms with Crippen LogP contribution in [0, 0.1) is 11.7 Å². The number of hydrogen-bond donors (Lipinski definition) is 2. The van der Waals surface area contributed by atoms with Crippen molar-refractivity contribution in [2.45, 2.75) is 26.4 Å². The predicted molar refractivity (Wildman–Crippen MR) is 78.2 cm³/mol. The highest BCUT2D eigenvalue weighted by Crippen LogP contribution is 2.25. The molecule has 1 aromatic carbocycles. The average Bonchev–Trinajstić information content (AvgIpc) is 2.95. The number of aliphatic hydroxyl groups is 1. The lowest BCUT2D eigenvalue weighted by Crippen LogP contribution is -2.24. The standard InChI is InChI=1S/C16H18FNO3/c1-10(2)14(19)9-16(20)18-13-8-11(5-6-12(13)17)15-4-3-7-21-15/h3-8,10,14,19H,9H2,1-2H3,(H,18,20). The number of carbonyl (C=O) groups is 1. The van der Waals surface area contributed by atoms with Gasteiger partial charge in [-0.2, -0.15) is 0 Å². The fraction of sp³-hybridized carbons (Fsp3) is 0.312. The number of benzene rings is 1. The molecule has 0 radical (unpaired) electrons. The Hall–Kier alpha value is -2.14. The number of hydrogen-bond acceptors (Lipinski definition) is 3. The average molecular weight is 291 g/mol. The van der Waals surface area contributed by atoms with Crippen molar-refractivity contribution in [3.63, 3.8) is 0 Å². The van der Waals surface area contributed by atoms with Crippen molar-refractivity contribution in [3.05, 3.63) is 42.4 Å². The molecule has 21 heavy (non-hydrogen) atoms. The molecule has 0 aliphatic rings. The number of furan rings is 1. The van der Waals surface area contributed by atoms with Gasteiger partial charge in [-0.3, -0.25) is 4.79 Å². The van der Waals surface area contributed by atoms with Gasteiger partial charge in [-0.25, -0.2) is 4.39 Å². The minimum Gasteiger partial charge on any atom is -0.464 e. The minimum absolute atomic E-state index is 0.0324. The molecule has 0 spiro atoms. The van der Waals surface area contributed by atoms with E-state index in [-0.39, 0.29) is 18.0 Å². The molecule has 2 aromatic rings. The zero-order valence-corrected chi connectivity index (χ0v) is 12.0. The van der Waals surface area contributed by atoms with Gasteiger partial charge in [-0.15, -0.1) is 0 Å². The molecule has 2 N–H and O–H groups in total. The van der Waals surface area contributed by atoms with Gasteiger partial charge in [-0.1, -0.05) is 13.8 Å². The molecule has 0 aliphatic heterocycles. The van der Waals surface area contributed by atoms with Gasteiger partial charge in [0.15, 0.2) is 0 Å². The summed E-state index contributed by atoms with van der Waals surface area (Å²) in [7, 11) is 0. The van der Waals surface area contributed by atoms with E-state index in [1.807, 2.05) is 13.8 Å². The SMILES string of the molecule is CC(C)C(O)CC(=O)Nc1cc(-c2ccco2)ccc1F. The summed E-state index contributed by atoms with van der Waals surface area (Å²) in [6, 6.07) is 7.84. The first-order chi connectivity index (χ1) is 9.97. The monoisotopic (exact) mass is 291 g/mol. The molecule has 0 fully saturated rings. The van der Waals surface area contributed by atoms with E-state index in [9.17, 15) is 14.3 Å². The van der Waals surface area contributed by atoms with Crippen LogP contribution < -0.4 is 5.32 Å². The van der Waals surface area contributed by atoms with Crippen molar-refractivity contribution in [1.82, 2.24) is 0 Å². The highest BCUT2D eigenvalue weighted by Gasteiger charge is 2.16. The molecule has 5 heteroatoms. The third kappa shape index (κ3) is 3.92. The van der Waals surface area contributed by atoms with Crippen LogP contribution in [0.25, 0.3) is 11.3 Å². The predicted octanol–water partition coefficient (Wildman–Crippen LogP) is 3.43. The zero-order valence-electron chi connectivity index (χ0n) is 12.0. The van der Waals surface area contributed by atoms with Crippen LogP contribution in [0.4, 0.5) is 10.1 Å². The summed E-state index contributed by atoms with van der Waals surface area (Å²) in [6.45, 7) is 3.63. The van der Waals surface area contributed by atoms with Gasteiger partial charge in [-0.05, 0) is 36.2 Å². The van der Waals surface area contributed by atoms with Gasteiger partial charge >= 0.3 is 0 Å². The van der Waals surface area contributed by atoms with Crippen LogP contribution in [0.2, 0.25) is 0 Å². The molecular weight excluding hydrogens is 273 g/mol. The molecule has 1 unspecified atom stereocenters. The van der Waals surface area contributed by atoms with Gasteiger partial charge in [0.25, 0.3) is 0 Å². The van der Waals surface area contributed by atoms with Crippen molar-refractivity contribution >= 4 is 11.6 Å². The van der Waals surface area contributed by atoms with Gasteiger partial charge in [0.05, 0.1) is 24.5 Å².